The van der Waals surface area contributed by atoms with Crippen LogP contribution in [-0.4, -0.2) is 40.6 Å². The maximum Gasteiger partial charge on any atom is 0.202 e. The monoisotopic (exact) mass is 236 g/mol. The van der Waals surface area contributed by atoms with Crippen molar-refractivity contribution in [1.29, 1.82) is 0 Å². The molecule has 17 heavy (non-hydrogen) atoms. The first-order valence-electron chi connectivity index (χ1n) is 6.45. The minimum absolute atomic E-state index is 0.319. The molecule has 1 aromatic heterocycles. The third-order valence-electron chi connectivity index (χ3n) is 4.06. The highest BCUT2D eigenvalue weighted by atomic mass is 15.2. The summed E-state index contributed by atoms with van der Waals surface area (Å²) in [7, 11) is 6.42. The first-order chi connectivity index (χ1) is 8.03. The maximum atomic E-state index is 4.49. The average molecular weight is 236 g/mol. The largest absolute Gasteiger partial charge is 0.354 e. The van der Waals surface area contributed by atoms with Crippen LogP contribution in [0.25, 0.3) is 0 Å². The number of hydrogen-bond acceptors (Lipinski definition) is 3. The van der Waals surface area contributed by atoms with Gasteiger partial charge in [0.15, 0.2) is 0 Å². The quantitative estimate of drug-likeness (QED) is 0.868. The molecule has 1 heterocycles. The Hall–Kier alpha value is -1.03. The summed E-state index contributed by atoms with van der Waals surface area (Å²) < 4.78 is 2.06. The fourth-order valence-corrected chi connectivity index (χ4v) is 2.84. The summed E-state index contributed by atoms with van der Waals surface area (Å²) in [5.74, 6) is 0.982. The van der Waals surface area contributed by atoms with Crippen molar-refractivity contribution in [3.8, 4) is 0 Å². The fraction of sp³-hybridized carbons (Fsp3) is 0.769. The molecule has 4 nitrogen and oxygen atoms in total. The molecule has 0 bridgehead atoms. The van der Waals surface area contributed by atoms with Crippen LogP contribution in [-0.2, 0) is 7.05 Å². The SMILES string of the molecule is Cc1cn(C)c(NCC2(N(C)C)CCCC2)n1. The van der Waals surface area contributed by atoms with Crippen LogP contribution in [0.4, 0.5) is 5.95 Å². The molecule has 0 radical (unpaired) electrons. The van der Waals surface area contributed by atoms with Crippen LogP contribution in [0.5, 0.6) is 0 Å². The lowest BCUT2D eigenvalue weighted by molar-refractivity contribution is 0.172. The second-order valence-electron chi connectivity index (χ2n) is 5.50. The summed E-state index contributed by atoms with van der Waals surface area (Å²) >= 11 is 0. The first kappa shape index (κ1) is 12.4. The van der Waals surface area contributed by atoms with Gasteiger partial charge < -0.3 is 14.8 Å². The zero-order chi connectivity index (χ0) is 12.5. The Labute approximate surface area is 104 Å². The Morgan fingerprint density at radius 1 is 1.41 bits per heavy atom. The Morgan fingerprint density at radius 2 is 2.06 bits per heavy atom. The van der Waals surface area contributed by atoms with Crippen molar-refractivity contribution in [2.75, 3.05) is 26.0 Å². The summed E-state index contributed by atoms with van der Waals surface area (Å²) in [5, 5.41) is 3.51. The van der Waals surface area contributed by atoms with Gasteiger partial charge in [0.1, 0.15) is 0 Å². The van der Waals surface area contributed by atoms with Gasteiger partial charge in [-0.2, -0.15) is 0 Å². The lowest BCUT2D eigenvalue weighted by atomic mass is 9.96. The number of hydrogen-bond donors (Lipinski definition) is 1. The van der Waals surface area contributed by atoms with E-state index in [2.05, 4.69) is 40.1 Å². The minimum Gasteiger partial charge on any atom is -0.354 e. The zero-order valence-electron chi connectivity index (χ0n) is 11.5. The number of anilines is 1. The number of imidazole rings is 1. The standard InChI is InChI=1S/C13H24N4/c1-11-9-17(4)12(15-11)14-10-13(16(2)3)7-5-6-8-13/h9H,5-8,10H2,1-4H3,(H,14,15). The van der Waals surface area contributed by atoms with Gasteiger partial charge in [0, 0.05) is 25.3 Å². The molecule has 0 aliphatic heterocycles. The van der Waals surface area contributed by atoms with Gasteiger partial charge in [0.05, 0.1) is 5.69 Å². The minimum atomic E-state index is 0.319. The second-order valence-corrected chi connectivity index (χ2v) is 5.50. The Morgan fingerprint density at radius 3 is 2.53 bits per heavy atom. The molecule has 1 N–H and O–H groups in total. The van der Waals surface area contributed by atoms with Crippen molar-refractivity contribution >= 4 is 5.95 Å². The number of aryl methyl sites for hydroxylation is 2. The van der Waals surface area contributed by atoms with Crippen LogP contribution in [0.2, 0.25) is 0 Å². The van der Waals surface area contributed by atoms with Gasteiger partial charge in [-0.3, -0.25) is 0 Å². The molecule has 0 amide bonds. The smallest absolute Gasteiger partial charge is 0.202 e. The molecule has 1 aliphatic rings. The summed E-state index contributed by atoms with van der Waals surface area (Å²) in [4.78, 5) is 6.87. The molecule has 0 spiro atoms. The van der Waals surface area contributed by atoms with Crippen LogP contribution in [0.1, 0.15) is 31.4 Å². The number of nitrogens with zero attached hydrogens (tertiary/aromatic N) is 3. The molecule has 0 aromatic carbocycles. The highest BCUT2D eigenvalue weighted by Crippen LogP contribution is 2.33. The molecular weight excluding hydrogens is 212 g/mol. The normalized spacial score (nSPS) is 18.9. The van der Waals surface area contributed by atoms with Gasteiger partial charge in [-0.05, 0) is 33.9 Å². The molecule has 0 atom stereocenters. The van der Waals surface area contributed by atoms with Crippen molar-refractivity contribution in [2.24, 2.45) is 7.05 Å². The van der Waals surface area contributed by atoms with Crippen molar-refractivity contribution in [1.82, 2.24) is 14.5 Å². The zero-order valence-corrected chi connectivity index (χ0v) is 11.5. The number of aromatic nitrogens is 2. The molecule has 0 saturated heterocycles. The van der Waals surface area contributed by atoms with Gasteiger partial charge in [0.2, 0.25) is 5.95 Å². The van der Waals surface area contributed by atoms with E-state index < -0.39 is 0 Å². The van der Waals surface area contributed by atoms with E-state index in [0.717, 1.165) is 18.2 Å². The van der Waals surface area contributed by atoms with Crippen molar-refractivity contribution in [2.45, 2.75) is 38.1 Å². The Bertz CT molecular complexity index is 375. The number of likely N-dealkylation sites (N-methyl/N-ethyl adjacent to an activating group) is 1. The molecule has 1 fully saturated rings. The predicted molar refractivity (Wildman–Crippen MR) is 71.3 cm³/mol. The van der Waals surface area contributed by atoms with Gasteiger partial charge in [-0.1, -0.05) is 12.8 Å². The van der Waals surface area contributed by atoms with E-state index in [1.165, 1.54) is 25.7 Å². The summed E-state index contributed by atoms with van der Waals surface area (Å²) in [6.07, 6.45) is 7.32. The molecule has 96 valence electrons. The average Bonchev–Trinajstić information content (AvgIpc) is 2.83. The van der Waals surface area contributed by atoms with E-state index in [9.17, 15) is 0 Å². The van der Waals surface area contributed by atoms with E-state index in [-0.39, 0.29) is 0 Å². The van der Waals surface area contributed by atoms with E-state index in [1.54, 1.807) is 0 Å². The van der Waals surface area contributed by atoms with Crippen LogP contribution in [0, 0.1) is 6.92 Å². The molecule has 1 saturated carbocycles. The molecule has 1 aromatic rings. The first-order valence-corrected chi connectivity index (χ1v) is 6.45. The molecular formula is C13H24N4. The topological polar surface area (TPSA) is 33.1 Å². The van der Waals surface area contributed by atoms with Crippen LogP contribution < -0.4 is 5.32 Å². The van der Waals surface area contributed by atoms with E-state index in [0.29, 0.717) is 5.54 Å². The summed E-state index contributed by atoms with van der Waals surface area (Å²) in [6, 6.07) is 0. The number of nitrogens with one attached hydrogen (secondary N) is 1. The van der Waals surface area contributed by atoms with E-state index in [4.69, 9.17) is 0 Å². The lowest BCUT2D eigenvalue weighted by Gasteiger charge is -2.36. The second kappa shape index (κ2) is 4.69. The van der Waals surface area contributed by atoms with Gasteiger partial charge in [-0.15, -0.1) is 0 Å². The molecule has 2 rings (SSSR count). The summed E-state index contributed by atoms with van der Waals surface area (Å²) in [5.41, 5.74) is 1.39. The molecule has 0 unspecified atom stereocenters. The Balaban J connectivity index is 2.03. The van der Waals surface area contributed by atoms with Gasteiger partial charge in [-0.25, -0.2) is 4.98 Å². The summed E-state index contributed by atoms with van der Waals surface area (Å²) in [6.45, 7) is 3.02. The highest BCUT2D eigenvalue weighted by molar-refractivity contribution is 5.29. The van der Waals surface area contributed by atoms with Gasteiger partial charge in [0.25, 0.3) is 0 Å². The van der Waals surface area contributed by atoms with Crippen molar-refractivity contribution in [3.63, 3.8) is 0 Å². The van der Waals surface area contributed by atoms with Crippen LogP contribution in [0.3, 0.4) is 0 Å². The Kier molecular flexibility index (Phi) is 3.43. The predicted octanol–water partition coefficient (Wildman–Crippen LogP) is 2.01. The highest BCUT2D eigenvalue weighted by Gasteiger charge is 2.35. The molecule has 1 aliphatic carbocycles. The van der Waals surface area contributed by atoms with Crippen molar-refractivity contribution < 1.29 is 0 Å². The maximum absolute atomic E-state index is 4.49. The van der Waals surface area contributed by atoms with Crippen molar-refractivity contribution in [3.05, 3.63) is 11.9 Å². The molecule has 4 heteroatoms. The third-order valence-corrected chi connectivity index (χ3v) is 4.06. The van der Waals surface area contributed by atoms with Gasteiger partial charge >= 0.3 is 0 Å². The van der Waals surface area contributed by atoms with E-state index >= 15 is 0 Å². The van der Waals surface area contributed by atoms with E-state index in [1.807, 2.05) is 14.0 Å². The lowest BCUT2D eigenvalue weighted by Crippen LogP contribution is -2.47. The fourth-order valence-electron chi connectivity index (χ4n) is 2.84. The number of rotatable bonds is 4. The van der Waals surface area contributed by atoms with Crippen LogP contribution in [0.15, 0.2) is 6.20 Å². The van der Waals surface area contributed by atoms with Crippen LogP contribution >= 0.6 is 0 Å². The third kappa shape index (κ3) is 2.46.